The number of hydrogen-bond acceptors (Lipinski definition) is 4. The van der Waals surface area contributed by atoms with Gasteiger partial charge in [0.05, 0.1) is 13.2 Å². The molecule has 0 aromatic carbocycles. The minimum Gasteiger partial charge on any atom is -0.378 e. The van der Waals surface area contributed by atoms with Crippen LogP contribution in [0.25, 0.3) is 0 Å². The largest absolute Gasteiger partial charge is 0.378 e. The molecule has 0 aliphatic carbocycles. The molecule has 122 valence electrons. The quantitative estimate of drug-likeness (QED) is 0.854. The summed E-state index contributed by atoms with van der Waals surface area (Å²) in [5.74, 6) is 1.90. The third-order valence-corrected chi connectivity index (χ3v) is 4.70. The zero-order valence-corrected chi connectivity index (χ0v) is 14.0. The summed E-state index contributed by atoms with van der Waals surface area (Å²) >= 11 is 0. The number of piperidine rings is 1. The van der Waals surface area contributed by atoms with Gasteiger partial charge in [-0.1, -0.05) is 26.3 Å². The first-order valence-corrected chi connectivity index (χ1v) is 8.77. The van der Waals surface area contributed by atoms with Crippen molar-refractivity contribution in [3.8, 4) is 0 Å². The van der Waals surface area contributed by atoms with Gasteiger partial charge in [0.2, 0.25) is 0 Å². The van der Waals surface area contributed by atoms with Crippen molar-refractivity contribution in [2.75, 3.05) is 44.3 Å². The Kier molecular flexibility index (Phi) is 5.32. The Morgan fingerprint density at radius 1 is 1.23 bits per heavy atom. The fourth-order valence-corrected chi connectivity index (χ4v) is 3.74. The van der Waals surface area contributed by atoms with E-state index < -0.39 is 0 Å². The molecular weight excluding hydrogens is 274 g/mol. The summed E-state index contributed by atoms with van der Waals surface area (Å²) in [6.45, 7) is 10.6. The lowest BCUT2D eigenvalue weighted by atomic mass is 9.94. The minimum absolute atomic E-state index is 0.530. The Labute approximate surface area is 134 Å². The van der Waals surface area contributed by atoms with E-state index in [4.69, 9.17) is 9.72 Å². The zero-order valence-electron chi connectivity index (χ0n) is 14.0. The standard InChI is InChI=1S/C18H29N3O/c1-15(2)14-21-9-4-3-7-17(21)16-6-5-8-19-18(16)20-10-12-22-13-11-20/h5-6,8,15,17H,3-4,7,9-14H2,1-2H3. The Hall–Kier alpha value is -1.13. The maximum absolute atomic E-state index is 5.50. The molecule has 1 atom stereocenters. The third kappa shape index (κ3) is 3.61. The zero-order chi connectivity index (χ0) is 15.4. The second-order valence-electron chi connectivity index (χ2n) is 6.92. The highest BCUT2D eigenvalue weighted by Crippen LogP contribution is 2.35. The first-order chi connectivity index (χ1) is 10.8. The summed E-state index contributed by atoms with van der Waals surface area (Å²) in [5.41, 5.74) is 1.42. The lowest BCUT2D eigenvalue weighted by molar-refractivity contribution is 0.120. The Morgan fingerprint density at radius 2 is 2.05 bits per heavy atom. The molecule has 2 aliphatic rings. The van der Waals surface area contributed by atoms with Crippen LogP contribution >= 0.6 is 0 Å². The van der Waals surface area contributed by atoms with Crippen molar-refractivity contribution in [1.29, 1.82) is 0 Å². The lowest BCUT2D eigenvalue weighted by Gasteiger charge is -2.39. The fraction of sp³-hybridized carbons (Fsp3) is 0.722. The summed E-state index contributed by atoms with van der Waals surface area (Å²) in [6, 6.07) is 4.92. The van der Waals surface area contributed by atoms with Crippen LogP contribution in [0.5, 0.6) is 0 Å². The van der Waals surface area contributed by atoms with E-state index >= 15 is 0 Å². The van der Waals surface area contributed by atoms with E-state index in [1.165, 1.54) is 43.7 Å². The number of morpholine rings is 1. The number of anilines is 1. The molecular formula is C18H29N3O. The normalized spacial score (nSPS) is 24.0. The van der Waals surface area contributed by atoms with Gasteiger partial charge in [-0.15, -0.1) is 0 Å². The highest BCUT2D eigenvalue weighted by atomic mass is 16.5. The summed E-state index contributed by atoms with van der Waals surface area (Å²) in [6.07, 6.45) is 5.85. The molecule has 1 unspecified atom stereocenters. The molecule has 0 amide bonds. The van der Waals surface area contributed by atoms with Crippen LogP contribution in [0.1, 0.15) is 44.7 Å². The fourth-order valence-electron chi connectivity index (χ4n) is 3.74. The molecule has 4 nitrogen and oxygen atoms in total. The van der Waals surface area contributed by atoms with E-state index in [0.29, 0.717) is 12.0 Å². The van der Waals surface area contributed by atoms with Gasteiger partial charge in [-0.3, -0.25) is 4.90 Å². The van der Waals surface area contributed by atoms with Crippen LogP contribution in [0.4, 0.5) is 5.82 Å². The van der Waals surface area contributed by atoms with Crippen LogP contribution < -0.4 is 4.90 Å². The number of nitrogens with zero attached hydrogens (tertiary/aromatic N) is 3. The van der Waals surface area contributed by atoms with Crippen LogP contribution in [0.2, 0.25) is 0 Å². The van der Waals surface area contributed by atoms with Crippen molar-refractivity contribution in [3.63, 3.8) is 0 Å². The molecule has 2 fully saturated rings. The van der Waals surface area contributed by atoms with E-state index in [0.717, 1.165) is 26.3 Å². The molecule has 0 spiro atoms. The van der Waals surface area contributed by atoms with E-state index in [-0.39, 0.29) is 0 Å². The Morgan fingerprint density at radius 3 is 2.82 bits per heavy atom. The van der Waals surface area contributed by atoms with Gasteiger partial charge in [-0.2, -0.15) is 0 Å². The molecule has 0 N–H and O–H groups in total. The molecule has 4 heteroatoms. The van der Waals surface area contributed by atoms with Gasteiger partial charge in [0.1, 0.15) is 5.82 Å². The predicted octanol–water partition coefficient (Wildman–Crippen LogP) is 3.10. The number of pyridine rings is 1. The monoisotopic (exact) mass is 303 g/mol. The van der Waals surface area contributed by atoms with Crippen molar-refractivity contribution in [2.45, 2.75) is 39.2 Å². The van der Waals surface area contributed by atoms with Gasteiger partial charge >= 0.3 is 0 Å². The Balaban J connectivity index is 1.85. The van der Waals surface area contributed by atoms with Crippen LogP contribution in [-0.4, -0.2) is 49.3 Å². The summed E-state index contributed by atoms with van der Waals surface area (Å²) < 4.78 is 5.50. The molecule has 3 rings (SSSR count). The summed E-state index contributed by atoms with van der Waals surface area (Å²) in [5, 5.41) is 0. The highest BCUT2D eigenvalue weighted by Gasteiger charge is 2.28. The minimum atomic E-state index is 0.530. The van der Waals surface area contributed by atoms with Crippen LogP contribution in [0.15, 0.2) is 18.3 Å². The van der Waals surface area contributed by atoms with Gasteiger partial charge in [0.25, 0.3) is 0 Å². The molecule has 0 saturated carbocycles. The first kappa shape index (κ1) is 15.8. The highest BCUT2D eigenvalue weighted by molar-refractivity contribution is 5.49. The number of hydrogen-bond donors (Lipinski definition) is 0. The van der Waals surface area contributed by atoms with Gasteiger partial charge in [-0.25, -0.2) is 4.98 Å². The second kappa shape index (κ2) is 7.42. The third-order valence-electron chi connectivity index (χ3n) is 4.70. The van der Waals surface area contributed by atoms with Gasteiger partial charge in [0, 0.05) is 37.4 Å². The number of ether oxygens (including phenoxy) is 1. The first-order valence-electron chi connectivity index (χ1n) is 8.77. The summed E-state index contributed by atoms with van der Waals surface area (Å²) in [4.78, 5) is 9.81. The van der Waals surface area contributed by atoms with Crippen LogP contribution in [0, 0.1) is 5.92 Å². The summed E-state index contributed by atoms with van der Waals surface area (Å²) in [7, 11) is 0. The van der Waals surface area contributed by atoms with Crippen molar-refractivity contribution in [3.05, 3.63) is 23.9 Å². The van der Waals surface area contributed by atoms with E-state index in [1.54, 1.807) is 0 Å². The molecule has 22 heavy (non-hydrogen) atoms. The van der Waals surface area contributed by atoms with Crippen LogP contribution in [0.3, 0.4) is 0 Å². The SMILES string of the molecule is CC(C)CN1CCCCC1c1cccnc1N1CCOCC1. The molecule has 0 radical (unpaired) electrons. The molecule has 1 aromatic rings. The number of aromatic nitrogens is 1. The second-order valence-corrected chi connectivity index (χ2v) is 6.92. The molecule has 3 heterocycles. The molecule has 1 aromatic heterocycles. The van der Waals surface area contributed by atoms with Gasteiger partial charge < -0.3 is 9.64 Å². The van der Waals surface area contributed by atoms with Crippen molar-refractivity contribution < 1.29 is 4.74 Å². The smallest absolute Gasteiger partial charge is 0.133 e. The number of likely N-dealkylation sites (tertiary alicyclic amines) is 1. The van der Waals surface area contributed by atoms with Crippen molar-refractivity contribution in [1.82, 2.24) is 9.88 Å². The van der Waals surface area contributed by atoms with E-state index in [1.807, 2.05) is 6.20 Å². The lowest BCUT2D eigenvalue weighted by Crippen LogP contribution is -2.40. The molecule has 0 bridgehead atoms. The average molecular weight is 303 g/mol. The van der Waals surface area contributed by atoms with E-state index in [9.17, 15) is 0 Å². The maximum Gasteiger partial charge on any atom is 0.133 e. The number of rotatable bonds is 4. The van der Waals surface area contributed by atoms with E-state index in [2.05, 4.69) is 35.8 Å². The van der Waals surface area contributed by atoms with Crippen molar-refractivity contribution >= 4 is 5.82 Å². The van der Waals surface area contributed by atoms with Gasteiger partial charge in [0.15, 0.2) is 0 Å². The maximum atomic E-state index is 5.50. The molecule has 2 aliphatic heterocycles. The van der Waals surface area contributed by atoms with Gasteiger partial charge in [-0.05, 0) is 31.4 Å². The predicted molar refractivity (Wildman–Crippen MR) is 90.3 cm³/mol. The molecule has 2 saturated heterocycles. The van der Waals surface area contributed by atoms with Crippen molar-refractivity contribution in [2.24, 2.45) is 5.92 Å². The topological polar surface area (TPSA) is 28.6 Å². The van der Waals surface area contributed by atoms with Crippen LogP contribution in [-0.2, 0) is 4.74 Å². The average Bonchev–Trinajstić information content (AvgIpc) is 2.56. The Bertz CT molecular complexity index is 471.